The van der Waals surface area contributed by atoms with Crippen molar-refractivity contribution in [3.8, 4) is 11.6 Å². The zero-order valence-corrected chi connectivity index (χ0v) is 14.9. The van der Waals surface area contributed by atoms with Crippen LogP contribution in [0.4, 0.5) is 4.39 Å². The third-order valence-electron chi connectivity index (χ3n) is 4.32. The molecule has 27 heavy (non-hydrogen) atoms. The normalized spacial score (nSPS) is 18.9. The maximum Gasteiger partial charge on any atom is 0.328 e. The standard InChI is InChI=1S/C19H19FN2O5/c1-25-17-13(6-5-9-21-17)18(23)22-11-12(10-15(22)19(24)26-2)27-16-8-4-3-7-14(16)20/h3-9,12,15H,10-11H2,1-2H3/t12-,15+/m1/s1. The smallest absolute Gasteiger partial charge is 0.328 e. The molecule has 1 aromatic heterocycles. The van der Waals surface area contributed by atoms with Crippen LogP contribution in [0.1, 0.15) is 16.8 Å². The van der Waals surface area contributed by atoms with E-state index >= 15 is 0 Å². The molecule has 8 heteroatoms. The Morgan fingerprint density at radius 3 is 2.67 bits per heavy atom. The third-order valence-corrected chi connectivity index (χ3v) is 4.32. The highest BCUT2D eigenvalue weighted by molar-refractivity contribution is 5.99. The van der Waals surface area contributed by atoms with Crippen LogP contribution in [0.5, 0.6) is 11.6 Å². The summed E-state index contributed by atoms with van der Waals surface area (Å²) in [7, 11) is 2.66. The largest absolute Gasteiger partial charge is 0.485 e. The zero-order valence-electron chi connectivity index (χ0n) is 14.9. The number of amides is 1. The van der Waals surface area contributed by atoms with Crippen molar-refractivity contribution in [2.45, 2.75) is 18.6 Å². The van der Waals surface area contributed by atoms with Gasteiger partial charge in [-0.05, 0) is 24.3 Å². The second-order valence-electron chi connectivity index (χ2n) is 5.96. The summed E-state index contributed by atoms with van der Waals surface area (Å²) in [6.07, 6.45) is 1.13. The number of likely N-dealkylation sites (tertiary alicyclic amines) is 1. The van der Waals surface area contributed by atoms with Crippen LogP contribution in [0.15, 0.2) is 42.6 Å². The van der Waals surface area contributed by atoms with Gasteiger partial charge in [0.1, 0.15) is 17.7 Å². The maximum absolute atomic E-state index is 13.9. The number of halogens is 1. The topological polar surface area (TPSA) is 78.0 Å². The number of para-hydroxylation sites is 1. The first-order valence-electron chi connectivity index (χ1n) is 8.34. The maximum atomic E-state index is 13.9. The van der Waals surface area contributed by atoms with E-state index in [1.54, 1.807) is 24.3 Å². The van der Waals surface area contributed by atoms with Gasteiger partial charge in [-0.15, -0.1) is 0 Å². The van der Waals surface area contributed by atoms with Crippen molar-refractivity contribution in [2.75, 3.05) is 20.8 Å². The molecule has 0 bridgehead atoms. The summed E-state index contributed by atoms with van der Waals surface area (Å²) in [6.45, 7) is 0.102. The Bertz CT molecular complexity index is 844. The van der Waals surface area contributed by atoms with Gasteiger partial charge in [0.15, 0.2) is 11.6 Å². The lowest BCUT2D eigenvalue weighted by Gasteiger charge is -2.22. The molecular weight excluding hydrogens is 355 g/mol. The van der Waals surface area contributed by atoms with Crippen LogP contribution in [-0.2, 0) is 9.53 Å². The van der Waals surface area contributed by atoms with E-state index in [2.05, 4.69) is 4.98 Å². The van der Waals surface area contributed by atoms with E-state index in [1.807, 2.05) is 0 Å². The number of esters is 1. The molecule has 142 valence electrons. The Morgan fingerprint density at radius 2 is 1.96 bits per heavy atom. The van der Waals surface area contributed by atoms with Gasteiger partial charge < -0.3 is 19.1 Å². The first-order valence-corrected chi connectivity index (χ1v) is 8.34. The molecular formula is C19H19FN2O5. The molecule has 0 unspecified atom stereocenters. The van der Waals surface area contributed by atoms with E-state index in [0.717, 1.165) is 0 Å². The van der Waals surface area contributed by atoms with E-state index < -0.39 is 29.8 Å². The Balaban J connectivity index is 1.85. The van der Waals surface area contributed by atoms with E-state index in [9.17, 15) is 14.0 Å². The summed E-state index contributed by atoms with van der Waals surface area (Å²) in [6, 6.07) is 8.31. The highest BCUT2D eigenvalue weighted by atomic mass is 19.1. The van der Waals surface area contributed by atoms with Crippen LogP contribution < -0.4 is 9.47 Å². The van der Waals surface area contributed by atoms with Crippen molar-refractivity contribution < 1.29 is 28.2 Å². The number of carbonyl (C=O) groups is 2. The Hall–Kier alpha value is -3.16. The summed E-state index contributed by atoms with van der Waals surface area (Å²) in [5.41, 5.74) is 0.223. The minimum atomic E-state index is -0.843. The highest BCUT2D eigenvalue weighted by Crippen LogP contribution is 2.28. The molecule has 1 amide bonds. The lowest BCUT2D eigenvalue weighted by atomic mass is 10.2. The Morgan fingerprint density at radius 1 is 1.19 bits per heavy atom. The lowest BCUT2D eigenvalue weighted by Crippen LogP contribution is -2.41. The lowest BCUT2D eigenvalue weighted by molar-refractivity contribution is -0.145. The summed E-state index contributed by atoms with van der Waals surface area (Å²) < 4.78 is 29.5. The number of aromatic nitrogens is 1. The second-order valence-corrected chi connectivity index (χ2v) is 5.96. The minimum Gasteiger partial charge on any atom is -0.485 e. The summed E-state index contributed by atoms with van der Waals surface area (Å²) >= 11 is 0. The van der Waals surface area contributed by atoms with Crippen LogP contribution in [0.25, 0.3) is 0 Å². The Labute approximate surface area is 155 Å². The van der Waals surface area contributed by atoms with Gasteiger partial charge in [0, 0.05) is 12.6 Å². The summed E-state index contributed by atoms with van der Waals surface area (Å²) in [4.78, 5) is 30.5. The van der Waals surface area contributed by atoms with Crippen molar-refractivity contribution in [3.05, 3.63) is 54.0 Å². The van der Waals surface area contributed by atoms with Crippen LogP contribution in [-0.4, -0.2) is 54.7 Å². The number of pyridine rings is 1. The van der Waals surface area contributed by atoms with Crippen molar-refractivity contribution >= 4 is 11.9 Å². The molecule has 0 radical (unpaired) electrons. The summed E-state index contributed by atoms with van der Waals surface area (Å²) in [5.74, 6) is -1.28. The number of nitrogens with zero attached hydrogens (tertiary/aromatic N) is 2. The monoisotopic (exact) mass is 374 g/mol. The number of rotatable bonds is 5. The summed E-state index contributed by atoms with van der Waals surface area (Å²) in [5, 5.41) is 0. The quantitative estimate of drug-likeness (QED) is 0.746. The predicted molar refractivity (Wildman–Crippen MR) is 93.1 cm³/mol. The fourth-order valence-electron chi connectivity index (χ4n) is 3.06. The first kappa shape index (κ1) is 18.6. The van der Waals surface area contributed by atoms with Gasteiger partial charge in [-0.2, -0.15) is 0 Å². The molecule has 1 aliphatic rings. The fourth-order valence-corrected chi connectivity index (χ4v) is 3.06. The number of methoxy groups -OCH3 is 2. The fraction of sp³-hybridized carbons (Fsp3) is 0.316. The molecule has 1 fully saturated rings. The zero-order chi connectivity index (χ0) is 19.4. The Kier molecular flexibility index (Phi) is 5.54. The van der Waals surface area contributed by atoms with Gasteiger partial charge in [0.05, 0.1) is 20.8 Å². The molecule has 2 atom stereocenters. The molecule has 0 saturated carbocycles. The van der Waals surface area contributed by atoms with Gasteiger partial charge >= 0.3 is 5.97 Å². The molecule has 2 heterocycles. The average Bonchev–Trinajstić information content (AvgIpc) is 3.12. The van der Waals surface area contributed by atoms with Crippen LogP contribution >= 0.6 is 0 Å². The van der Waals surface area contributed by atoms with Gasteiger partial charge in [0.25, 0.3) is 5.91 Å². The molecule has 1 aromatic carbocycles. The molecule has 7 nitrogen and oxygen atoms in total. The molecule has 0 spiro atoms. The molecule has 0 aliphatic carbocycles. The van der Waals surface area contributed by atoms with Gasteiger partial charge in [-0.3, -0.25) is 4.79 Å². The van der Waals surface area contributed by atoms with E-state index in [1.165, 1.54) is 37.4 Å². The van der Waals surface area contributed by atoms with Crippen molar-refractivity contribution in [1.82, 2.24) is 9.88 Å². The number of carbonyl (C=O) groups excluding carboxylic acids is 2. The molecule has 0 N–H and O–H groups in total. The van der Waals surface area contributed by atoms with Crippen molar-refractivity contribution in [3.63, 3.8) is 0 Å². The van der Waals surface area contributed by atoms with Gasteiger partial charge in [-0.1, -0.05) is 12.1 Å². The third kappa shape index (κ3) is 3.84. The first-order chi connectivity index (χ1) is 13.0. The molecule has 1 aliphatic heterocycles. The van der Waals surface area contributed by atoms with Crippen LogP contribution in [0.3, 0.4) is 0 Å². The number of hydrogen-bond acceptors (Lipinski definition) is 6. The van der Waals surface area contributed by atoms with Crippen LogP contribution in [0.2, 0.25) is 0 Å². The minimum absolute atomic E-state index is 0.0689. The van der Waals surface area contributed by atoms with E-state index in [0.29, 0.717) is 0 Å². The van der Waals surface area contributed by atoms with E-state index in [4.69, 9.17) is 14.2 Å². The predicted octanol–water partition coefficient (Wildman–Crippen LogP) is 2.06. The number of benzene rings is 1. The van der Waals surface area contributed by atoms with Gasteiger partial charge in [0.2, 0.25) is 5.88 Å². The SMILES string of the molecule is COC(=O)[C@@H]1C[C@@H](Oc2ccccc2F)CN1C(=O)c1cccnc1OC. The molecule has 3 rings (SSSR count). The second kappa shape index (κ2) is 8.03. The number of ether oxygens (including phenoxy) is 3. The number of hydrogen-bond donors (Lipinski definition) is 0. The molecule has 2 aromatic rings. The highest BCUT2D eigenvalue weighted by Gasteiger charge is 2.42. The van der Waals surface area contributed by atoms with Crippen molar-refractivity contribution in [2.24, 2.45) is 0 Å². The average molecular weight is 374 g/mol. The van der Waals surface area contributed by atoms with Crippen LogP contribution in [0, 0.1) is 5.82 Å². The molecule has 1 saturated heterocycles. The van der Waals surface area contributed by atoms with Gasteiger partial charge in [-0.25, -0.2) is 14.2 Å². The van der Waals surface area contributed by atoms with E-state index in [-0.39, 0.29) is 30.2 Å². The van der Waals surface area contributed by atoms with Crippen molar-refractivity contribution in [1.29, 1.82) is 0 Å².